The summed E-state index contributed by atoms with van der Waals surface area (Å²) in [6.07, 6.45) is -4.25. The van der Waals surface area contributed by atoms with Gasteiger partial charge in [0.25, 0.3) is 6.47 Å². The molecule has 0 aliphatic carbocycles. The van der Waals surface area contributed by atoms with Gasteiger partial charge in [-0.25, -0.2) is 0 Å². The molecule has 5 nitrogen and oxygen atoms in total. The minimum Gasteiger partial charge on any atom is -0.471 e. The summed E-state index contributed by atoms with van der Waals surface area (Å²) in [7, 11) is 3.36. The smallest absolute Gasteiger partial charge is 0.416 e. The number of aryl methyl sites for hydroxylation is 1. The summed E-state index contributed by atoms with van der Waals surface area (Å²) < 4.78 is 41.0. The molecule has 0 radical (unpaired) electrons. The molecule has 32 heavy (non-hydrogen) atoms. The van der Waals surface area contributed by atoms with Gasteiger partial charge in [0.15, 0.2) is 0 Å². The summed E-state index contributed by atoms with van der Waals surface area (Å²) in [6.45, 7) is 5.95. The van der Waals surface area contributed by atoms with Crippen LogP contribution in [0, 0.1) is 6.92 Å². The average Bonchev–Trinajstić information content (AvgIpc) is 2.77. The number of carbonyl (C=O) groups is 1. The first-order valence-corrected chi connectivity index (χ1v) is 10.5. The monoisotopic (exact) mass is 489 g/mol. The van der Waals surface area contributed by atoms with Gasteiger partial charge in [0.05, 0.1) is 18.2 Å². The Labute approximate surface area is 197 Å². The van der Waals surface area contributed by atoms with Crippen LogP contribution >= 0.6 is 23.8 Å². The second-order valence-electron chi connectivity index (χ2n) is 6.89. The lowest BCUT2D eigenvalue weighted by Gasteiger charge is -2.34. The van der Waals surface area contributed by atoms with Gasteiger partial charge < -0.3 is 19.9 Å². The molecule has 1 aliphatic heterocycles. The van der Waals surface area contributed by atoms with Crippen LogP contribution in [0.1, 0.15) is 11.1 Å². The van der Waals surface area contributed by atoms with Crippen molar-refractivity contribution in [2.75, 3.05) is 50.6 Å². The first-order chi connectivity index (χ1) is 15.1. The zero-order valence-corrected chi connectivity index (χ0v) is 19.7. The summed E-state index contributed by atoms with van der Waals surface area (Å²) in [5.74, 6) is 0. The third-order valence-corrected chi connectivity index (χ3v) is 5.08. The van der Waals surface area contributed by atoms with Crippen LogP contribution < -0.4 is 10.2 Å². The van der Waals surface area contributed by atoms with E-state index in [2.05, 4.69) is 32.1 Å². The normalized spacial score (nSPS) is 13.7. The molecule has 0 aromatic heterocycles. The predicted molar refractivity (Wildman–Crippen MR) is 128 cm³/mol. The third kappa shape index (κ3) is 9.84. The predicted octanol–water partition coefficient (Wildman–Crippen LogP) is 5.26. The topological polar surface area (TPSA) is 44.8 Å². The molecule has 0 spiro atoms. The van der Waals surface area contributed by atoms with Gasteiger partial charge in [-0.2, -0.15) is 13.2 Å². The second-order valence-corrected chi connectivity index (χ2v) is 7.54. The van der Waals surface area contributed by atoms with Gasteiger partial charge in [-0.05, 0) is 55.9 Å². The van der Waals surface area contributed by atoms with Crippen LogP contribution in [0.25, 0.3) is 0 Å². The van der Waals surface area contributed by atoms with Gasteiger partial charge in [0, 0.05) is 42.6 Å². The third-order valence-electron chi connectivity index (χ3n) is 4.56. The van der Waals surface area contributed by atoms with Crippen molar-refractivity contribution < 1.29 is 22.7 Å². The maximum Gasteiger partial charge on any atom is 0.416 e. The average molecular weight is 490 g/mol. The van der Waals surface area contributed by atoms with Crippen molar-refractivity contribution in [3.05, 3.63) is 58.6 Å². The Kier molecular flexibility index (Phi) is 12.0. The Hall–Kier alpha value is -2.36. The molecule has 3 rings (SSSR count). The number of nitrogens with one attached hydrogen (secondary N) is 1. The van der Waals surface area contributed by atoms with E-state index >= 15 is 0 Å². The number of nitrogens with zero attached hydrogens (tertiary/aromatic N) is 2. The largest absolute Gasteiger partial charge is 0.471 e. The van der Waals surface area contributed by atoms with Crippen molar-refractivity contribution in [2.45, 2.75) is 13.1 Å². The van der Waals surface area contributed by atoms with Crippen molar-refractivity contribution in [1.29, 1.82) is 0 Å². The molecule has 10 heteroatoms. The number of ether oxygens (including phenoxy) is 1. The quantitative estimate of drug-likeness (QED) is 0.466. The van der Waals surface area contributed by atoms with E-state index in [9.17, 15) is 13.2 Å². The molecule has 176 valence electrons. The molecular formula is C22H27ClF3N3O2S. The van der Waals surface area contributed by atoms with Crippen LogP contribution in [0.4, 0.5) is 24.5 Å². The van der Waals surface area contributed by atoms with Crippen LogP contribution in [0.15, 0.2) is 42.5 Å². The number of hydrogen-bond acceptors (Lipinski definition) is 5. The number of likely N-dealkylation sites (N-methyl/N-ethyl adjacent to an activating group) is 1. The molecule has 0 saturated carbocycles. The minimum absolute atomic E-state index is 0.375. The second kappa shape index (κ2) is 13.9. The fourth-order valence-corrected chi connectivity index (χ4v) is 2.99. The van der Waals surface area contributed by atoms with E-state index in [-0.39, 0.29) is 0 Å². The number of benzene rings is 2. The highest BCUT2D eigenvalue weighted by Crippen LogP contribution is 2.30. The summed E-state index contributed by atoms with van der Waals surface area (Å²) >= 11 is 10.5. The number of carbonyl (C=O) groups excluding carboxylic acids is 1. The van der Waals surface area contributed by atoms with E-state index in [1.54, 1.807) is 12.1 Å². The highest BCUT2D eigenvalue weighted by Gasteiger charge is 2.30. The van der Waals surface area contributed by atoms with E-state index in [0.717, 1.165) is 60.3 Å². The highest BCUT2D eigenvalue weighted by molar-refractivity contribution is 7.79. The summed E-state index contributed by atoms with van der Waals surface area (Å²) in [4.78, 5) is 13.3. The Morgan fingerprint density at radius 3 is 2.09 bits per heavy atom. The van der Waals surface area contributed by atoms with E-state index in [4.69, 9.17) is 16.4 Å². The van der Waals surface area contributed by atoms with Crippen LogP contribution in [-0.4, -0.2) is 57.2 Å². The number of thiocarbonyl (C=S) groups is 1. The number of halogens is 4. The van der Waals surface area contributed by atoms with Crippen molar-refractivity contribution in [1.82, 2.24) is 4.90 Å². The lowest BCUT2D eigenvalue weighted by molar-refractivity contribution is -0.137. The molecule has 1 heterocycles. The van der Waals surface area contributed by atoms with Crippen molar-refractivity contribution in [2.24, 2.45) is 0 Å². The van der Waals surface area contributed by atoms with Gasteiger partial charge >= 0.3 is 6.18 Å². The van der Waals surface area contributed by atoms with E-state index in [0.29, 0.717) is 6.47 Å². The summed E-state index contributed by atoms with van der Waals surface area (Å²) in [6, 6.07) is 11.1. The molecule has 0 unspecified atom stereocenters. The lowest BCUT2D eigenvalue weighted by atomic mass is 10.1. The Balaban J connectivity index is 0.000000293. The minimum atomic E-state index is -4.25. The zero-order chi connectivity index (χ0) is 24.1. The van der Waals surface area contributed by atoms with Gasteiger partial charge in [0.1, 0.15) is 0 Å². The lowest BCUT2D eigenvalue weighted by Crippen LogP contribution is -2.44. The SMILES string of the molecule is CN1CCN(c2ccc(C(F)(F)F)cc2)CC1.COC=O.Cc1ccc(NC=S)cc1Cl. The standard InChI is InChI=1S/C12H15F3N2.C8H8ClNS.C2H4O2/c1-16-6-8-17(9-7-16)11-4-2-10(3-5-11)12(13,14)15;1-6-2-3-7(10-5-11)4-8(6)9;1-4-2-3/h2-5H,6-9H2,1H3;2-5H,1H3,(H,10,11);2H,1H3. The van der Waals surface area contributed by atoms with Gasteiger partial charge in [0.2, 0.25) is 0 Å². The van der Waals surface area contributed by atoms with Crippen LogP contribution in [-0.2, 0) is 15.7 Å². The molecule has 1 saturated heterocycles. The number of rotatable bonds is 4. The molecule has 0 atom stereocenters. The molecular weight excluding hydrogens is 463 g/mol. The number of methoxy groups -OCH3 is 1. The van der Waals surface area contributed by atoms with Crippen molar-refractivity contribution in [3.63, 3.8) is 0 Å². The van der Waals surface area contributed by atoms with Crippen LogP contribution in [0.2, 0.25) is 5.02 Å². The first-order valence-electron chi connectivity index (χ1n) is 9.66. The Morgan fingerprint density at radius 1 is 1.09 bits per heavy atom. The van der Waals surface area contributed by atoms with Crippen molar-refractivity contribution in [3.8, 4) is 0 Å². The Bertz CT molecular complexity index is 843. The number of hydrogen-bond donors (Lipinski definition) is 1. The van der Waals surface area contributed by atoms with Gasteiger partial charge in [-0.3, -0.25) is 4.79 Å². The van der Waals surface area contributed by atoms with Gasteiger partial charge in [-0.15, -0.1) is 0 Å². The van der Waals surface area contributed by atoms with E-state index in [1.165, 1.54) is 12.6 Å². The maximum absolute atomic E-state index is 12.4. The molecule has 1 aliphatic rings. The number of piperazine rings is 1. The van der Waals surface area contributed by atoms with Crippen LogP contribution in [0.5, 0.6) is 0 Å². The van der Waals surface area contributed by atoms with Crippen molar-refractivity contribution >= 4 is 47.2 Å². The fourth-order valence-electron chi connectivity index (χ4n) is 2.68. The van der Waals surface area contributed by atoms with E-state index < -0.39 is 11.7 Å². The molecule has 2 aromatic carbocycles. The first kappa shape index (κ1) is 27.7. The molecule has 2 aromatic rings. The molecule has 0 amide bonds. The highest BCUT2D eigenvalue weighted by atomic mass is 35.5. The summed E-state index contributed by atoms with van der Waals surface area (Å²) in [5, 5.41) is 3.64. The maximum atomic E-state index is 12.4. The molecule has 1 N–H and O–H groups in total. The zero-order valence-electron chi connectivity index (χ0n) is 18.2. The summed E-state index contributed by atoms with van der Waals surface area (Å²) in [5.41, 5.74) is 3.74. The molecule has 1 fully saturated rings. The number of alkyl halides is 3. The molecule has 0 bridgehead atoms. The number of anilines is 2. The fraction of sp³-hybridized carbons (Fsp3) is 0.364. The van der Waals surface area contributed by atoms with Crippen LogP contribution in [0.3, 0.4) is 0 Å². The van der Waals surface area contributed by atoms with E-state index in [1.807, 2.05) is 32.2 Å². The Morgan fingerprint density at radius 2 is 1.66 bits per heavy atom. The van der Waals surface area contributed by atoms with Gasteiger partial charge in [-0.1, -0.05) is 29.9 Å².